The molecule has 2 saturated carbocycles. The number of carbonyl (C=O) groups is 1. The molecule has 35 heavy (non-hydrogen) atoms. The second-order valence-corrected chi connectivity index (χ2v) is 12.6. The molecule has 5 heteroatoms. The number of nitrogens with one attached hydrogen (secondary N) is 1. The Labute approximate surface area is 211 Å². The Balaban J connectivity index is 1.51. The first-order chi connectivity index (χ1) is 16.7. The van der Waals surface area contributed by atoms with E-state index in [1.165, 1.54) is 61.6 Å². The Morgan fingerprint density at radius 1 is 1.06 bits per heavy atom. The summed E-state index contributed by atoms with van der Waals surface area (Å²) in [6.45, 7) is 11.6. The molecule has 1 saturated heterocycles. The zero-order chi connectivity index (χ0) is 24.6. The van der Waals surface area contributed by atoms with Crippen LogP contribution in [0.15, 0.2) is 24.3 Å². The van der Waals surface area contributed by atoms with Crippen molar-refractivity contribution in [1.29, 1.82) is 0 Å². The Morgan fingerprint density at radius 3 is 2.43 bits per heavy atom. The predicted molar refractivity (Wildman–Crippen MR) is 141 cm³/mol. The topological polar surface area (TPSA) is 56.1 Å². The molecule has 2 aliphatic carbocycles. The van der Waals surface area contributed by atoms with Crippen LogP contribution >= 0.6 is 0 Å². The van der Waals surface area contributed by atoms with Gasteiger partial charge >= 0.3 is 0 Å². The second kappa shape index (κ2) is 9.72. The van der Waals surface area contributed by atoms with Crippen molar-refractivity contribution < 1.29 is 9.53 Å². The van der Waals surface area contributed by atoms with Crippen molar-refractivity contribution in [1.82, 2.24) is 15.1 Å². The molecule has 1 aromatic carbocycles. The van der Waals surface area contributed by atoms with E-state index in [1.807, 2.05) is 6.07 Å². The van der Waals surface area contributed by atoms with Crippen LogP contribution in [0, 0.1) is 5.92 Å². The van der Waals surface area contributed by atoms with E-state index in [-0.39, 0.29) is 22.8 Å². The Kier molecular flexibility index (Phi) is 6.82. The molecule has 2 aromatic rings. The quantitative estimate of drug-likeness (QED) is 0.525. The molecular formula is C30H43N3O2. The molecule has 1 amide bonds. The van der Waals surface area contributed by atoms with Crippen molar-refractivity contribution >= 4 is 5.91 Å². The van der Waals surface area contributed by atoms with E-state index < -0.39 is 0 Å². The van der Waals surface area contributed by atoms with Gasteiger partial charge in [0.2, 0.25) is 0 Å². The van der Waals surface area contributed by atoms with Crippen molar-refractivity contribution in [3.8, 4) is 11.3 Å². The minimum absolute atomic E-state index is 0.0538. The summed E-state index contributed by atoms with van der Waals surface area (Å²) in [5, 5.41) is 8.14. The number of hydrogen-bond donors (Lipinski definition) is 1. The maximum absolute atomic E-state index is 13.2. The van der Waals surface area contributed by atoms with Crippen molar-refractivity contribution in [2.24, 2.45) is 5.92 Å². The van der Waals surface area contributed by atoms with Crippen LogP contribution in [0.3, 0.4) is 0 Å². The average Bonchev–Trinajstić information content (AvgIpc) is 3.46. The van der Waals surface area contributed by atoms with Gasteiger partial charge in [0.15, 0.2) is 5.69 Å². The summed E-state index contributed by atoms with van der Waals surface area (Å²) in [6.07, 6.45) is 10.7. The summed E-state index contributed by atoms with van der Waals surface area (Å²) in [7, 11) is 0. The molecule has 3 fully saturated rings. The predicted octanol–water partition coefficient (Wildman–Crippen LogP) is 6.39. The SMILES string of the molecule is CC(C)(C)c1cc(-c2cc(C(=O)NC3CCOCC3)nn2CC2CCCCC2)cc(C2(C)CC2)c1. The molecule has 2 heterocycles. The van der Waals surface area contributed by atoms with Crippen LogP contribution in [-0.2, 0) is 22.1 Å². The lowest BCUT2D eigenvalue weighted by molar-refractivity contribution is 0.0693. The van der Waals surface area contributed by atoms with E-state index in [2.05, 4.69) is 55.9 Å². The normalized spacial score (nSPS) is 21.1. The zero-order valence-electron chi connectivity index (χ0n) is 22.2. The van der Waals surface area contributed by atoms with Gasteiger partial charge in [-0.1, -0.05) is 53.0 Å². The maximum Gasteiger partial charge on any atom is 0.272 e. The standard InChI is InChI=1S/C30H43N3O2/c1-29(2,3)23-16-22(17-24(18-23)30(4)12-13-30)27-19-26(28(34)31-25-10-14-35-15-11-25)32-33(27)20-21-8-6-5-7-9-21/h16-19,21,25H,5-15,20H2,1-4H3,(H,31,34). The third-order valence-corrected chi connectivity index (χ3v) is 8.52. The lowest BCUT2D eigenvalue weighted by atomic mass is 9.82. The molecule has 0 unspecified atom stereocenters. The molecule has 0 radical (unpaired) electrons. The number of nitrogens with zero attached hydrogens (tertiary/aromatic N) is 2. The highest BCUT2D eigenvalue weighted by molar-refractivity contribution is 5.93. The first-order valence-corrected chi connectivity index (χ1v) is 13.8. The third-order valence-electron chi connectivity index (χ3n) is 8.52. The molecule has 0 spiro atoms. The number of benzene rings is 1. The third kappa shape index (κ3) is 5.66. The van der Waals surface area contributed by atoms with E-state index in [1.54, 1.807) is 0 Å². The van der Waals surface area contributed by atoms with Crippen molar-refractivity contribution in [3.05, 3.63) is 41.1 Å². The van der Waals surface area contributed by atoms with Crippen LogP contribution in [0.4, 0.5) is 0 Å². The Hall–Kier alpha value is -2.14. The summed E-state index contributed by atoms with van der Waals surface area (Å²) >= 11 is 0. The van der Waals surface area contributed by atoms with E-state index in [0.717, 1.165) is 25.1 Å². The fraction of sp³-hybridized carbons (Fsp3) is 0.667. The van der Waals surface area contributed by atoms with Crippen LogP contribution in [0.5, 0.6) is 0 Å². The molecule has 5 nitrogen and oxygen atoms in total. The number of amides is 1. The van der Waals surface area contributed by atoms with Gasteiger partial charge in [-0.05, 0) is 84.6 Å². The number of rotatable bonds is 6. The van der Waals surface area contributed by atoms with Crippen LogP contribution in [0.1, 0.15) is 107 Å². The van der Waals surface area contributed by atoms with Gasteiger partial charge in [0.05, 0.1) is 5.69 Å². The second-order valence-electron chi connectivity index (χ2n) is 12.6. The molecule has 190 valence electrons. The van der Waals surface area contributed by atoms with Gasteiger partial charge in [-0.25, -0.2) is 0 Å². The van der Waals surface area contributed by atoms with E-state index in [0.29, 0.717) is 24.8 Å². The van der Waals surface area contributed by atoms with E-state index in [9.17, 15) is 4.79 Å². The van der Waals surface area contributed by atoms with Gasteiger partial charge in [-0.3, -0.25) is 9.48 Å². The van der Waals surface area contributed by atoms with Crippen LogP contribution in [0.25, 0.3) is 11.3 Å². The number of aromatic nitrogens is 2. The molecular weight excluding hydrogens is 434 g/mol. The first-order valence-electron chi connectivity index (χ1n) is 13.8. The maximum atomic E-state index is 13.2. The fourth-order valence-corrected chi connectivity index (χ4v) is 5.65. The number of carbonyl (C=O) groups excluding carboxylic acids is 1. The highest BCUT2D eigenvalue weighted by Gasteiger charge is 2.40. The average molecular weight is 478 g/mol. The minimum Gasteiger partial charge on any atom is -0.381 e. The summed E-state index contributed by atoms with van der Waals surface area (Å²) < 4.78 is 7.61. The van der Waals surface area contributed by atoms with Crippen molar-refractivity contribution in [3.63, 3.8) is 0 Å². The Bertz CT molecular complexity index is 1020. The minimum atomic E-state index is -0.0538. The first kappa shape index (κ1) is 24.5. The highest BCUT2D eigenvalue weighted by atomic mass is 16.5. The molecule has 3 aliphatic rings. The van der Waals surface area contributed by atoms with Gasteiger partial charge in [0, 0.05) is 31.4 Å². The van der Waals surface area contributed by atoms with E-state index in [4.69, 9.17) is 9.84 Å². The molecule has 1 aliphatic heterocycles. The van der Waals surface area contributed by atoms with Gasteiger partial charge in [0.25, 0.3) is 5.91 Å². The lowest BCUT2D eigenvalue weighted by Crippen LogP contribution is -2.39. The molecule has 1 N–H and O–H groups in total. The van der Waals surface area contributed by atoms with Crippen molar-refractivity contribution in [2.75, 3.05) is 13.2 Å². The molecule has 0 atom stereocenters. The molecule has 5 rings (SSSR count). The largest absolute Gasteiger partial charge is 0.381 e. The van der Waals surface area contributed by atoms with Crippen LogP contribution in [-0.4, -0.2) is 34.9 Å². The van der Waals surface area contributed by atoms with Gasteiger partial charge < -0.3 is 10.1 Å². The van der Waals surface area contributed by atoms with Crippen LogP contribution < -0.4 is 5.32 Å². The number of hydrogen-bond acceptors (Lipinski definition) is 3. The highest BCUT2D eigenvalue weighted by Crippen LogP contribution is 2.49. The van der Waals surface area contributed by atoms with Gasteiger partial charge in [0.1, 0.15) is 0 Å². The smallest absolute Gasteiger partial charge is 0.272 e. The number of ether oxygens (including phenoxy) is 1. The zero-order valence-corrected chi connectivity index (χ0v) is 22.2. The molecule has 0 bridgehead atoms. The summed E-state index contributed by atoms with van der Waals surface area (Å²) in [5.41, 5.74) is 5.97. The lowest BCUT2D eigenvalue weighted by Gasteiger charge is -2.24. The summed E-state index contributed by atoms with van der Waals surface area (Å²) in [5.74, 6) is 0.585. The van der Waals surface area contributed by atoms with Gasteiger partial charge in [-0.15, -0.1) is 0 Å². The fourth-order valence-electron chi connectivity index (χ4n) is 5.65. The monoisotopic (exact) mass is 477 g/mol. The van der Waals surface area contributed by atoms with E-state index >= 15 is 0 Å². The van der Waals surface area contributed by atoms with Crippen molar-refractivity contribution in [2.45, 2.75) is 109 Å². The summed E-state index contributed by atoms with van der Waals surface area (Å²) in [4.78, 5) is 13.2. The van der Waals surface area contributed by atoms with Crippen LogP contribution in [0.2, 0.25) is 0 Å². The molecule has 1 aromatic heterocycles. The summed E-state index contributed by atoms with van der Waals surface area (Å²) in [6, 6.07) is 9.34. The van der Waals surface area contributed by atoms with Gasteiger partial charge in [-0.2, -0.15) is 5.10 Å². The Morgan fingerprint density at radius 2 is 1.77 bits per heavy atom.